The molecule has 0 spiro atoms. The Morgan fingerprint density at radius 2 is 2.00 bits per heavy atom. The fourth-order valence-electron chi connectivity index (χ4n) is 3.27. The van der Waals surface area contributed by atoms with Gasteiger partial charge in [0.2, 0.25) is 5.91 Å². The van der Waals surface area contributed by atoms with Gasteiger partial charge in [-0.3, -0.25) is 9.59 Å². The van der Waals surface area contributed by atoms with Crippen LogP contribution in [-0.2, 0) is 16.0 Å². The molecule has 1 amide bonds. The van der Waals surface area contributed by atoms with Gasteiger partial charge >= 0.3 is 0 Å². The number of nitrogens with zero attached hydrogens (tertiary/aromatic N) is 1. The number of fused-ring (bicyclic) bond motifs is 1. The highest BCUT2D eigenvalue weighted by molar-refractivity contribution is 5.80. The van der Waals surface area contributed by atoms with Crippen molar-refractivity contribution >= 4 is 16.8 Å². The number of nitrogens with one attached hydrogen (secondary N) is 1. The molecule has 2 unspecified atom stereocenters. The lowest BCUT2D eigenvalue weighted by atomic mass is 10.1. The van der Waals surface area contributed by atoms with Gasteiger partial charge in [0.05, 0.1) is 30.8 Å². The number of hydrogen-bond donors (Lipinski definition) is 1. The van der Waals surface area contributed by atoms with Gasteiger partial charge in [0, 0.05) is 12.0 Å². The topological polar surface area (TPSA) is 62.4 Å². The van der Waals surface area contributed by atoms with Crippen LogP contribution in [0.25, 0.3) is 10.9 Å². The molecular formula is C18H21FN2O3. The summed E-state index contributed by atoms with van der Waals surface area (Å²) in [5, 5.41) is 0.756. The van der Waals surface area contributed by atoms with E-state index >= 15 is 0 Å². The first-order chi connectivity index (χ1) is 11.5. The number of halogens is 1. The van der Waals surface area contributed by atoms with Crippen molar-refractivity contribution in [3.63, 3.8) is 0 Å². The normalized spacial score (nSPS) is 21.2. The Morgan fingerprint density at radius 1 is 1.29 bits per heavy atom. The molecule has 1 aliphatic rings. The number of pyridine rings is 1. The van der Waals surface area contributed by atoms with Crippen LogP contribution in [0, 0.1) is 5.82 Å². The van der Waals surface area contributed by atoms with Crippen LogP contribution in [0.15, 0.2) is 29.1 Å². The molecule has 1 aromatic carbocycles. The zero-order valence-corrected chi connectivity index (χ0v) is 13.8. The van der Waals surface area contributed by atoms with Gasteiger partial charge in [0.15, 0.2) is 0 Å². The molecule has 1 fully saturated rings. The van der Waals surface area contributed by atoms with Crippen LogP contribution >= 0.6 is 0 Å². The zero-order chi connectivity index (χ0) is 17.3. The van der Waals surface area contributed by atoms with E-state index in [9.17, 15) is 14.0 Å². The van der Waals surface area contributed by atoms with E-state index in [2.05, 4.69) is 4.98 Å². The summed E-state index contributed by atoms with van der Waals surface area (Å²) in [4.78, 5) is 29.2. The first-order valence-electron chi connectivity index (χ1n) is 8.16. The number of hydrogen-bond acceptors (Lipinski definition) is 3. The maximum Gasteiger partial charge on any atom is 0.251 e. The molecule has 0 saturated carbocycles. The summed E-state index contributed by atoms with van der Waals surface area (Å²) in [6, 6.07) is 6.08. The second-order valence-electron chi connectivity index (χ2n) is 6.39. The quantitative estimate of drug-likeness (QED) is 0.937. The van der Waals surface area contributed by atoms with Gasteiger partial charge < -0.3 is 14.6 Å². The summed E-state index contributed by atoms with van der Waals surface area (Å²) in [6.07, 6.45) is 0.628. The highest BCUT2D eigenvalue weighted by Gasteiger charge is 2.29. The Kier molecular flexibility index (Phi) is 4.66. The Hall–Kier alpha value is -2.21. The molecule has 1 aliphatic heterocycles. The van der Waals surface area contributed by atoms with E-state index in [1.54, 1.807) is 12.1 Å². The van der Waals surface area contributed by atoms with Crippen molar-refractivity contribution in [3.8, 4) is 0 Å². The second-order valence-corrected chi connectivity index (χ2v) is 6.39. The Morgan fingerprint density at radius 3 is 2.71 bits per heavy atom. The first kappa shape index (κ1) is 16.6. The van der Waals surface area contributed by atoms with Gasteiger partial charge in [-0.15, -0.1) is 0 Å². The van der Waals surface area contributed by atoms with Gasteiger partial charge in [-0.25, -0.2) is 4.39 Å². The van der Waals surface area contributed by atoms with Crippen molar-refractivity contribution < 1.29 is 13.9 Å². The minimum Gasteiger partial charge on any atom is -0.377 e. The van der Waals surface area contributed by atoms with E-state index in [4.69, 9.17) is 4.74 Å². The summed E-state index contributed by atoms with van der Waals surface area (Å²) in [5.74, 6) is -0.367. The van der Waals surface area contributed by atoms with Crippen molar-refractivity contribution in [2.75, 3.05) is 13.2 Å². The molecule has 5 nitrogen and oxygen atoms in total. The fraction of sp³-hybridized carbons (Fsp3) is 0.444. The minimum atomic E-state index is -0.392. The van der Waals surface area contributed by atoms with Gasteiger partial charge in [0.1, 0.15) is 5.82 Å². The van der Waals surface area contributed by atoms with Gasteiger partial charge in [-0.05, 0) is 49.9 Å². The third-order valence-electron chi connectivity index (χ3n) is 4.45. The summed E-state index contributed by atoms with van der Waals surface area (Å²) in [7, 11) is 0. The number of aryl methyl sites for hydroxylation is 1. The van der Waals surface area contributed by atoms with Crippen LogP contribution in [-0.4, -0.2) is 41.1 Å². The van der Waals surface area contributed by atoms with Crippen LogP contribution in [0.2, 0.25) is 0 Å². The lowest BCUT2D eigenvalue weighted by molar-refractivity contribution is -0.144. The van der Waals surface area contributed by atoms with Crippen molar-refractivity contribution in [2.24, 2.45) is 0 Å². The molecule has 2 atom stereocenters. The van der Waals surface area contributed by atoms with Crippen LogP contribution in [0.1, 0.15) is 25.8 Å². The fourth-order valence-corrected chi connectivity index (χ4v) is 3.27. The molecule has 1 N–H and O–H groups in total. The molecule has 2 aromatic rings. The molecule has 0 radical (unpaired) electrons. The molecule has 0 bridgehead atoms. The summed E-state index contributed by atoms with van der Waals surface area (Å²) in [5.41, 5.74) is 0.727. The maximum atomic E-state index is 13.2. The standard InChI is InChI=1S/C18H21FN2O3/c1-11-9-24-10-12(2)21(11)17(22)6-4-14-7-13-3-5-15(19)8-16(13)20-18(14)23/h3,5,7-8,11-12H,4,6,9-10H2,1-2H3,(H,20,23). The molecule has 0 aliphatic carbocycles. The number of amides is 1. The smallest absolute Gasteiger partial charge is 0.251 e. The molecule has 2 heterocycles. The molecule has 1 aromatic heterocycles. The number of morpholine rings is 1. The van der Waals surface area contributed by atoms with E-state index < -0.39 is 5.82 Å². The third-order valence-corrected chi connectivity index (χ3v) is 4.45. The number of ether oxygens (including phenoxy) is 1. The summed E-state index contributed by atoms with van der Waals surface area (Å²) >= 11 is 0. The average Bonchev–Trinajstić information content (AvgIpc) is 2.52. The Labute approximate surface area is 139 Å². The van der Waals surface area contributed by atoms with Crippen molar-refractivity contribution in [1.82, 2.24) is 9.88 Å². The molecular weight excluding hydrogens is 311 g/mol. The Bertz CT molecular complexity index is 808. The van der Waals surface area contributed by atoms with Crippen molar-refractivity contribution in [2.45, 2.75) is 38.8 Å². The number of aromatic nitrogens is 1. The molecule has 24 heavy (non-hydrogen) atoms. The summed E-state index contributed by atoms with van der Waals surface area (Å²) in [6.45, 7) is 5.01. The molecule has 3 rings (SSSR count). The largest absolute Gasteiger partial charge is 0.377 e. The van der Waals surface area contributed by atoms with E-state index in [0.29, 0.717) is 30.7 Å². The SMILES string of the molecule is CC1COCC(C)N1C(=O)CCc1cc2ccc(F)cc2[nH]c1=O. The second kappa shape index (κ2) is 6.73. The average molecular weight is 332 g/mol. The van der Waals surface area contributed by atoms with Crippen LogP contribution < -0.4 is 5.56 Å². The number of aromatic amines is 1. The van der Waals surface area contributed by atoms with Crippen LogP contribution in [0.3, 0.4) is 0 Å². The van der Waals surface area contributed by atoms with E-state index in [1.807, 2.05) is 18.7 Å². The molecule has 128 valence electrons. The van der Waals surface area contributed by atoms with Crippen LogP contribution in [0.5, 0.6) is 0 Å². The predicted octanol–water partition coefficient (Wildman–Crippen LogP) is 2.24. The number of carbonyl (C=O) groups is 1. The highest BCUT2D eigenvalue weighted by atomic mass is 19.1. The van der Waals surface area contributed by atoms with Gasteiger partial charge in [-0.2, -0.15) is 0 Å². The monoisotopic (exact) mass is 332 g/mol. The number of benzene rings is 1. The van der Waals surface area contributed by atoms with Gasteiger partial charge in [-0.1, -0.05) is 0 Å². The van der Waals surface area contributed by atoms with E-state index in [1.165, 1.54) is 12.1 Å². The van der Waals surface area contributed by atoms with Gasteiger partial charge in [0.25, 0.3) is 5.56 Å². The molecule has 1 saturated heterocycles. The minimum absolute atomic E-state index is 0.0249. The maximum absolute atomic E-state index is 13.2. The van der Waals surface area contributed by atoms with Crippen molar-refractivity contribution in [1.29, 1.82) is 0 Å². The first-order valence-corrected chi connectivity index (χ1v) is 8.16. The lowest BCUT2D eigenvalue weighted by Gasteiger charge is -2.38. The predicted molar refractivity (Wildman–Crippen MR) is 89.4 cm³/mol. The van der Waals surface area contributed by atoms with E-state index in [-0.39, 0.29) is 30.0 Å². The zero-order valence-electron chi connectivity index (χ0n) is 13.8. The molecule has 6 heteroatoms. The number of rotatable bonds is 3. The number of H-pyrrole nitrogens is 1. The third kappa shape index (κ3) is 3.33. The highest BCUT2D eigenvalue weighted by Crippen LogP contribution is 2.17. The van der Waals surface area contributed by atoms with E-state index in [0.717, 1.165) is 5.39 Å². The number of carbonyl (C=O) groups excluding carboxylic acids is 1. The Balaban J connectivity index is 1.75. The lowest BCUT2D eigenvalue weighted by Crippen LogP contribution is -2.52. The summed E-state index contributed by atoms with van der Waals surface area (Å²) < 4.78 is 18.7. The van der Waals surface area contributed by atoms with Crippen LogP contribution in [0.4, 0.5) is 4.39 Å². The van der Waals surface area contributed by atoms with Crippen molar-refractivity contribution in [3.05, 3.63) is 46.0 Å².